The molecule has 1 amide bonds. The van der Waals surface area contributed by atoms with Gasteiger partial charge < -0.3 is 19.9 Å². The fraction of sp³-hybridized carbons (Fsp3) is 0.286. The normalized spacial score (nSPS) is 13.5. The average Bonchev–Trinajstić information content (AvgIpc) is 3.12. The van der Waals surface area contributed by atoms with Crippen molar-refractivity contribution >= 4 is 12.1 Å². The van der Waals surface area contributed by atoms with Gasteiger partial charge in [-0.1, -0.05) is 48.5 Å². The van der Waals surface area contributed by atoms with E-state index in [1.807, 2.05) is 48.5 Å². The summed E-state index contributed by atoms with van der Waals surface area (Å²) in [6.45, 7) is 5.17. The van der Waals surface area contributed by atoms with Crippen molar-refractivity contribution in [3.05, 3.63) is 89.0 Å². The van der Waals surface area contributed by atoms with Crippen LogP contribution in [0.5, 0.6) is 5.75 Å². The first-order valence-corrected chi connectivity index (χ1v) is 11.5. The second kappa shape index (κ2) is 9.97. The van der Waals surface area contributed by atoms with Crippen LogP contribution in [0.4, 0.5) is 13.6 Å². The van der Waals surface area contributed by atoms with Gasteiger partial charge in [0, 0.05) is 30.0 Å². The second-order valence-electron chi connectivity index (χ2n) is 9.64. The van der Waals surface area contributed by atoms with E-state index in [4.69, 9.17) is 9.47 Å². The Labute approximate surface area is 207 Å². The van der Waals surface area contributed by atoms with Crippen molar-refractivity contribution in [1.29, 1.82) is 0 Å². The molecule has 0 unspecified atom stereocenters. The molecule has 0 aliphatic heterocycles. The zero-order chi connectivity index (χ0) is 26.0. The zero-order valence-corrected chi connectivity index (χ0v) is 20.2. The number of benzene rings is 3. The molecule has 36 heavy (non-hydrogen) atoms. The summed E-state index contributed by atoms with van der Waals surface area (Å²) in [5.74, 6) is -3.60. The number of alkyl carbamates (subject to hydrolysis) is 1. The van der Waals surface area contributed by atoms with E-state index in [1.165, 1.54) is 0 Å². The highest BCUT2D eigenvalue weighted by Gasteiger charge is 2.30. The molecule has 0 heterocycles. The molecule has 188 valence electrons. The summed E-state index contributed by atoms with van der Waals surface area (Å²) in [6.07, 6.45) is -1.59. The molecule has 0 saturated heterocycles. The molecule has 1 aliphatic carbocycles. The summed E-state index contributed by atoms with van der Waals surface area (Å²) in [4.78, 5) is 24.3. The van der Waals surface area contributed by atoms with Crippen LogP contribution in [-0.2, 0) is 16.0 Å². The topological polar surface area (TPSA) is 84.9 Å². The van der Waals surface area contributed by atoms with Crippen LogP contribution in [0, 0.1) is 11.6 Å². The number of carbonyl (C=O) groups excluding carboxylic acids is 1. The number of carboxylic acids is 1. The van der Waals surface area contributed by atoms with E-state index in [2.05, 4.69) is 5.32 Å². The van der Waals surface area contributed by atoms with Gasteiger partial charge in [0.05, 0.1) is 0 Å². The minimum Gasteiger partial charge on any atom is -0.488 e. The Morgan fingerprint density at radius 2 is 1.50 bits per heavy atom. The predicted molar refractivity (Wildman–Crippen MR) is 130 cm³/mol. The molecule has 3 aromatic rings. The average molecular weight is 496 g/mol. The Bertz CT molecular complexity index is 1230. The Morgan fingerprint density at radius 1 is 0.972 bits per heavy atom. The van der Waals surface area contributed by atoms with Crippen LogP contribution in [0.1, 0.15) is 43.4 Å². The maximum Gasteiger partial charge on any atom is 0.407 e. The number of ether oxygens (including phenoxy) is 2. The largest absolute Gasteiger partial charge is 0.488 e. The van der Waals surface area contributed by atoms with Crippen molar-refractivity contribution < 1.29 is 33.0 Å². The van der Waals surface area contributed by atoms with Crippen molar-refractivity contribution in [2.75, 3.05) is 6.61 Å². The van der Waals surface area contributed by atoms with Crippen molar-refractivity contribution in [1.82, 2.24) is 5.32 Å². The second-order valence-corrected chi connectivity index (χ2v) is 9.64. The number of fused-ring (bicyclic) bond motifs is 3. The van der Waals surface area contributed by atoms with E-state index in [-0.39, 0.29) is 18.3 Å². The lowest BCUT2D eigenvalue weighted by molar-refractivity contribution is -0.139. The van der Waals surface area contributed by atoms with Gasteiger partial charge in [-0.15, -0.1) is 0 Å². The van der Waals surface area contributed by atoms with Gasteiger partial charge in [-0.05, 0) is 43.0 Å². The molecular formula is C28H27F2NO5. The molecule has 2 N–H and O–H groups in total. The molecule has 0 spiro atoms. The Balaban J connectivity index is 1.44. The van der Waals surface area contributed by atoms with Gasteiger partial charge in [-0.25, -0.2) is 18.4 Å². The summed E-state index contributed by atoms with van der Waals surface area (Å²) in [5, 5.41) is 11.8. The summed E-state index contributed by atoms with van der Waals surface area (Å²) in [7, 11) is 0. The van der Waals surface area contributed by atoms with Gasteiger partial charge in [0.25, 0.3) is 0 Å². The molecule has 1 aliphatic rings. The third kappa shape index (κ3) is 5.48. The number of hydrogen-bond acceptors (Lipinski definition) is 4. The monoisotopic (exact) mass is 495 g/mol. The molecular weight excluding hydrogens is 468 g/mol. The van der Waals surface area contributed by atoms with Gasteiger partial charge in [0.2, 0.25) is 0 Å². The standard InChI is InChI=1S/C28H27F2NO5/c1-28(2,3)36-16-12-23(29)21(24(30)13-16)14-25(26(32)33)31-27(34)35-15-22-19-10-6-4-8-17(19)18-9-5-7-11-20(18)22/h4-13,22,25H,14-15H2,1-3H3,(H,31,34)(H,32,33)/t25-/m0/s1. The number of carbonyl (C=O) groups is 2. The van der Waals surface area contributed by atoms with Gasteiger partial charge in [0.15, 0.2) is 0 Å². The highest BCUT2D eigenvalue weighted by Crippen LogP contribution is 2.44. The summed E-state index contributed by atoms with van der Waals surface area (Å²) >= 11 is 0. The fourth-order valence-corrected chi connectivity index (χ4v) is 4.37. The molecule has 0 radical (unpaired) electrons. The molecule has 0 aromatic heterocycles. The van der Waals surface area contributed by atoms with Crippen molar-refractivity contribution in [2.45, 2.75) is 44.8 Å². The maximum atomic E-state index is 14.6. The van der Waals surface area contributed by atoms with Gasteiger partial charge in [-0.3, -0.25) is 0 Å². The molecule has 1 atom stereocenters. The number of nitrogens with one attached hydrogen (secondary N) is 1. The molecule has 0 bridgehead atoms. The smallest absolute Gasteiger partial charge is 0.407 e. The van der Waals surface area contributed by atoms with Crippen LogP contribution in [0.3, 0.4) is 0 Å². The minimum absolute atomic E-state index is 0.0161. The molecule has 0 fully saturated rings. The lowest BCUT2D eigenvalue weighted by atomic mass is 9.98. The van der Waals surface area contributed by atoms with Crippen LogP contribution in [0.2, 0.25) is 0 Å². The highest BCUT2D eigenvalue weighted by atomic mass is 19.1. The highest BCUT2D eigenvalue weighted by molar-refractivity contribution is 5.81. The molecule has 3 aromatic carbocycles. The first-order chi connectivity index (χ1) is 17.0. The number of carboxylic acid groups (broad SMARTS) is 1. The molecule has 4 rings (SSSR count). The third-order valence-corrected chi connectivity index (χ3v) is 5.88. The van der Waals surface area contributed by atoms with Gasteiger partial charge in [-0.2, -0.15) is 0 Å². The van der Waals surface area contributed by atoms with E-state index in [0.29, 0.717) is 0 Å². The van der Waals surface area contributed by atoms with Crippen molar-refractivity contribution in [2.24, 2.45) is 0 Å². The summed E-state index contributed by atoms with van der Waals surface area (Å²) in [5.41, 5.74) is 2.97. The quantitative estimate of drug-likeness (QED) is 0.441. The number of hydrogen-bond donors (Lipinski definition) is 2. The van der Waals surface area contributed by atoms with Crippen molar-refractivity contribution in [3.8, 4) is 16.9 Å². The first kappa shape index (κ1) is 25.2. The number of aliphatic carboxylic acids is 1. The van der Waals surface area contributed by atoms with Crippen LogP contribution >= 0.6 is 0 Å². The molecule has 8 heteroatoms. The minimum atomic E-state index is -1.60. The number of rotatable bonds is 7. The fourth-order valence-electron chi connectivity index (χ4n) is 4.37. The van der Waals surface area contributed by atoms with Gasteiger partial charge in [0.1, 0.15) is 35.6 Å². The first-order valence-electron chi connectivity index (χ1n) is 11.5. The zero-order valence-electron chi connectivity index (χ0n) is 20.2. The van der Waals surface area contributed by atoms with E-state index in [9.17, 15) is 23.5 Å². The Kier molecular flexibility index (Phi) is 6.97. The van der Waals surface area contributed by atoms with E-state index < -0.39 is 47.3 Å². The Hall–Kier alpha value is -3.94. The lowest BCUT2D eigenvalue weighted by Gasteiger charge is -2.22. The predicted octanol–water partition coefficient (Wildman–Crippen LogP) is 5.68. The Morgan fingerprint density at radius 3 is 2.00 bits per heavy atom. The number of halogens is 2. The van der Waals surface area contributed by atoms with Crippen LogP contribution in [-0.4, -0.2) is 35.4 Å². The number of amides is 1. The molecule has 6 nitrogen and oxygen atoms in total. The summed E-state index contributed by atoms with van der Waals surface area (Å²) < 4.78 is 40.1. The van der Waals surface area contributed by atoms with E-state index >= 15 is 0 Å². The van der Waals surface area contributed by atoms with Crippen molar-refractivity contribution in [3.63, 3.8) is 0 Å². The van der Waals surface area contributed by atoms with Crippen LogP contribution in [0.25, 0.3) is 11.1 Å². The SMILES string of the molecule is CC(C)(C)Oc1cc(F)c(C[C@H](NC(=O)OCC2c3ccccc3-c3ccccc32)C(=O)O)c(F)c1. The third-order valence-electron chi connectivity index (χ3n) is 5.88. The lowest BCUT2D eigenvalue weighted by Crippen LogP contribution is -2.43. The summed E-state index contributed by atoms with van der Waals surface area (Å²) in [6, 6.07) is 16.0. The van der Waals surface area contributed by atoms with Crippen LogP contribution < -0.4 is 10.1 Å². The van der Waals surface area contributed by atoms with E-state index in [1.54, 1.807) is 20.8 Å². The molecule has 0 saturated carbocycles. The van der Waals surface area contributed by atoms with Gasteiger partial charge >= 0.3 is 12.1 Å². The van der Waals surface area contributed by atoms with Crippen LogP contribution in [0.15, 0.2) is 60.7 Å². The van der Waals surface area contributed by atoms with E-state index in [0.717, 1.165) is 34.4 Å². The maximum absolute atomic E-state index is 14.6.